The van der Waals surface area contributed by atoms with Crippen LogP contribution < -0.4 is 0 Å². The molecule has 0 spiro atoms. The second kappa shape index (κ2) is 8.83. The molecular weight excluding hydrogens is 390 g/mol. The van der Waals surface area contributed by atoms with E-state index in [4.69, 9.17) is 13.7 Å². The summed E-state index contributed by atoms with van der Waals surface area (Å²) in [5.74, 6) is 0. The van der Waals surface area contributed by atoms with E-state index in [1.807, 2.05) is 20.8 Å². The molecule has 0 saturated carbocycles. The standard InChI is InChI=1S/C17H31N3O7S/c1-13-14(27-28(5,23)24)25-16(22)20(13)8-6-7-18-9-11-19(12-10-18)15(21)26-17(2,3)4/h13-14H,6-12H2,1-5H3. The Labute approximate surface area is 166 Å². The van der Waals surface area contributed by atoms with Crippen molar-refractivity contribution in [1.29, 1.82) is 0 Å². The molecule has 2 rings (SSSR count). The van der Waals surface area contributed by atoms with E-state index in [0.29, 0.717) is 26.1 Å². The average molecular weight is 422 g/mol. The number of hydrogen-bond donors (Lipinski definition) is 0. The Kier molecular flexibility index (Phi) is 7.16. The molecule has 0 aromatic rings. The maximum atomic E-state index is 12.1. The summed E-state index contributed by atoms with van der Waals surface area (Å²) in [5, 5.41) is 0. The van der Waals surface area contributed by atoms with Crippen molar-refractivity contribution in [2.75, 3.05) is 45.5 Å². The third-order valence-corrected chi connectivity index (χ3v) is 5.04. The van der Waals surface area contributed by atoms with Crippen LogP contribution in [-0.4, -0.2) is 98.8 Å². The number of piperazine rings is 1. The molecule has 0 radical (unpaired) electrons. The van der Waals surface area contributed by atoms with Crippen LogP contribution in [-0.2, 0) is 23.8 Å². The van der Waals surface area contributed by atoms with Crippen molar-refractivity contribution < 1.29 is 31.7 Å². The van der Waals surface area contributed by atoms with Crippen molar-refractivity contribution in [3.63, 3.8) is 0 Å². The summed E-state index contributed by atoms with van der Waals surface area (Å²) >= 11 is 0. The first-order valence-corrected chi connectivity index (χ1v) is 11.2. The molecule has 2 aliphatic heterocycles. The normalized spacial score (nSPS) is 24.4. The van der Waals surface area contributed by atoms with E-state index < -0.39 is 34.1 Å². The molecule has 2 heterocycles. The number of amides is 2. The Morgan fingerprint density at radius 2 is 1.79 bits per heavy atom. The molecule has 2 saturated heterocycles. The molecule has 28 heavy (non-hydrogen) atoms. The summed E-state index contributed by atoms with van der Waals surface area (Å²) in [7, 11) is -3.70. The van der Waals surface area contributed by atoms with Crippen molar-refractivity contribution >= 4 is 22.3 Å². The molecule has 0 N–H and O–H groups in total. The van der Waals surface area contributed by atoms with E-state index in [1.165, 1.54) is 4.90 Å². The summed E-state index contributed by atoms with van der Waals surface area (Å²) in [6, 6.07) is -0.480. The second-order valence-corrected chi connectivity index (χ2v) is 9.75. The summed E-state index contributed by atoms with van der Waals surface area (Å²) in [5.41, 5.74) is -0.506. The van der Waals surface area contributed by atoms with Gasteiger partial charge >= 0.3 is 12.2 Å². The molecule has 11 heteroatoms. The van der Waals surface area contributed by atoms with Gasteiger partial charge in [-0.3, -0.25) is 9.80 Å². The number of ether oxygens (including phenoxy) is 2. The smallest absolute Gasteiger partial charge is 0.412 e. The van der Waals surface area contributed by atoms with E-state index >= 15 is 0 Å². The zero-order chi connectivity index (χ0) is 21.1. The Bertz CT molecular complexity index is 669. The minimum Gasteiger partial charge on any atom is -0.444 e. The molecule has 2 aliphatic rings. The van der Waals surface area contributed by atoms with E-state index in [9.17, 15) is 18.0 Å². The van der Waals surface area contributed by atoms with Gasteiger partial charge < -0.3 is 14.4 Å². The third-order valence-electron chi connectivity index (χ3n) is 4.50. The van der Waals surface area contributed by atoms with Crippen LogP contribution in [0.25, 0.3) is 0 Å². The lowest BCUT2D eigenvalue weighted by Crippen LogP contribution is -2.50. The predicted molar refractivity (Wildman–Crippen MR) is 101 cm³/mol. The van der Waals surface area contributed by atoms with Crippen LogP contribution in [0.2, 0.25) is 0 Å². The third kappa shape index (κ3) is 6.78. The molecule has 10 nitrogen and oxygen atoms in total. The first-order valence-electron chi connectivity index (χ1n) is 9.41. The molecule has 162 valence electrons. The van der Waals surface area contributed by atoms with Gasteiger partial charge in [-0.1, -0.05) is 0 Å². The highest BCUT2D eigenvalue weighted by Gasteiger charge is 2.41. The molecule has 2 atom stereocenters. The van der Waals surface area contributed by atoms with Gasteiger partial charge in [0.25, 0.3) is 10.1 Å². The van der Waals surface area contributed by atoms with Gasteiger partial charge in [-0.2, -0.15) is 8.42 Å². The van der Waals surface area contributed by atoms with Crippen LogP contribution >= 0.6 is 0 Å². The van der Waals surface area contributed by atoms with Crippen molar-refractivity contribution in [2.45, 2.75) is 52.0 Å². The molecule has 2 amide bonds. The van der Waals surface area contributed by atoms with Crippen LogP contribution in [0, 0.1) is 0 Å². The highest BCUT2D eigenvalue weighted by molar-refractivity contribution is 7.86. The maximum Gasteiger partial charge on any atom is 0.412 e. The number of hydrogen-bond acceptors (Lipinski definition) is 8. The average Bonchev–Trinajstić information content (AvgIpc) is 2.79. The Hall–Kier alpha value is -1.59. The predicted octanol–water partition coefficient (Wildman–Crippen LogP) is 1.07. The lowest BCUT2D eigenvalue weighted by molar-refractivity contribution is -0.00746. The van der Waals surface area contributed by atoms with Crippen molar-refractivity contribution in [2.24, 2.45) is 0 Å². The van der Waals surface area contributed by atoms with Crippen LogP contribution in [0.3, 0.4) is 0 Å². The molecular formula is C17H31N3O7S. The minimum atomic E-state index is -3.70. The quantitative estimate of drug-likeness (QED) is 0.587. The summed E-state index contributed by atoms with van der Waals surface area (Å²) in [6.45, 7) is 11.1. The number of cyclic esters (lactones) is 1. The molecule has 0 bridgehead atoms. The molecule has 0 aromatic carbocycles. The van der Waals surface area contributed by atoms with Crippen LogP contribution in [0.15, 0.2) is 0 Å². The fraction of sp³-hybridized carbons (Fsp3) is 0.882. The van der Waals surface area contributed by atoms with Gasteiger partial charge in [0, 0.05) is 32.7 Å². The Morgan fingerprint density at radius 1 is 1.18 bits per heavy atom. The van der Waals surface area contributed by atoms with Gasteiger partial charge in [0.2, 0.25) is 6.29 Å². The lowest BCUT2D eigenvalue weighted by Gasteiger charge is -2.35. The van der Waals surface area contributed by atoms with Crippen LogP contribution in [0.5, 0.6) is 0 Å². The topological polar surface area (TPSA) is 106 Å². The van der Waals surface area contributed by atoms with Gasteiger partial charge in [0.1, 0.15) is 5.60 Å². The zero-order valence-electron chi connectivity index (χ0n) is 17.2. The minimum absolute atomic E-state index is 0.294. The van der Waals surface area contributed by atoms with Crippen LogP contribution in [0.4, 0.5) is 9.59 Å². The Morgan fingerprint density at radius 3 is 2.32 bits per heavy atom. The summed E-state index contributed by atoms with van der Waals surface area (Å²) < 4.78 is 37.7. The highest BCUT2D eigenvalue weighted by Crippen LogP contribution is 2.22. The second-order valence-electron chi connectivity index (χ2n) is 8.15. The lowest BCUT2D eigenvalue weighted by atomic mass is 10.2. The zero-order valence-corrected chi connectivity index (χ0v) is 18.0. The van der Waals surface area contributed by atoms with Gasteiger partial charge in [-0.15, -0.1) is 0 Å². The van der Waals surface area contributed by atoms with Gasteiger partial charge in [0.15, 0.2) is 0 Å². The highest BCUT2D eigenvalue weighted by atomic mass is 32.2. The first kappa shape index (κ1) is 22.7. The van der Waals surface area contributed by atoms with Crippen molar-refractivity contribution in [3.05, 3.63) is 0 Å². The van der Waals surface area contributed by atoms with E-state index in [0.717, 1.165) is 25.9 Å². The molecule has 2 unspecified atom stereocenters. The van der Waals surface area contributed by atoms with Gasteiger partial charge in [-0.25, -0.2) is 13.8 Å². The van der Waals surface area contributed by atoms with E-state index in [1.54, 1.807) is 11.8 Å². The van der Waals surface area contributed by atoms with Gasteiger partial charge in [0.05, 0.1) is 12.3 Å². The first-order chi connectivity index (χ1) is 12.9. The molecule has 0 aliphatic carbocycles. The fourth-order valence-corrected chi connectivity index (χ4v) is 3.64. The van der Waals surface area contributed by atoms with Gasteiger partial charge in [-0.05, 0) is 40.7 Å². The van der Waals surface area contributed by atoms with Crippen molar-refractivity contribution in [1.82, 2.24) is 14.7 Å². The SMILES string of the molecule is CC1C(OS(C)(=O)=O)OC(=O)N1CCCN1CCN(C(=O)OC(C)(C)C)CC1. The number of carbonyl (C=O) groups excluding carboxylic acids is 2. The van der Waals surface area contributed by atoms with E-state index in [-0.39, 0.29) is 6.09 Å². The number of nitrogens with zero attached hydrogens (tertiary/aromatic N) is 3. The maximum absolute atomic E-state index is 12.1. The number of rotatable bonds is 6. The van der Waals surface area contributed by atoms with Crippen LogP contribution in [0.1, 0.15) is 34.1 Å². The molecule has 2 fully saturated rings. The Balaban J connectivity index is 1.72. The number of carbonyl (C=O) groups is 2. The fourth-order valence-electron chi connectivity index (χ4n) is 3.09. The summed E-state index contributed by atoms with van der Waals surface area (Å²) in [6.07, 6.45) is -0.349. The van der Waals surface area contributed by atoms with E-state index in [2.05, 4.69) is 4.90 Å². The molecule has 0 aromatic heterocycles. The van der Waals surface area contributed by atoms with Crippen molar-refractivity contribution in [3.8, 4) is 0 Å². The summed E-state index contributed by atoms with van der Waals surface area (Å²) in [4.78, 5) is 29.4. The largest absolute Gasteiger partial charge is 0.444 e. The monoisotopic (exact) mass is 421 g/mol.